The zero-order valence-corrected chi connectivity index (χ0v) is 17.4. The summed E-state index contributed by atoms with van der Waals surface area (Å²) in [5.74, 6) is 0.327. The SMILES string of the molecule is CCCN(CC(=O)Nc1ccccc1OC)C(=O)CN1c2ccccc2C[C@@H]1C. The summed E-state index contributed by atoms with van der Waals surface area (Å²) in [4.78, 5) is 29.4. The number of methoxy groups -OCH3 is 1. The number of benzene rings is 2. The Kier molecular flexibility index (Phi) is 6.75. The minimum Gasteiger partial charge on any atom is -0.495 e. The van der Waals surface area contributed by atoms with Crippen molar-refractivity contribution in [2.45, 2.75) is 32.7 Å². The van der Waals surface area contributed by atoms with E-state index in [9.17, 15) is 9.59 Å². The average Bonchev–Trinajstić information content (AvgIpc) is 3.03. The number of carbonyl (C=O) groups is 2. The number of anilines is 2. The molecule has 0 bridgehead atoms. The maximum Gasteiger partial charge on any atom is 0.244 e. The summed E-state index contributed by atoms with van der Waals surface area (Å²) in [5.41, 5.74) is 2.98. The summed E-state index contributed by atoms with van der Waals surface area (Å²) in [5, 5.41) is 2.85. The van der Waals surface area contributed by atoms with Gasteiger partial charge in [-0.2, -0.15) is 0 Å². The highest BCUT2D eigenvalue weighted by molar-refractivity contribution is 5.96. The summed E-state index contributed by atoms with van der Waals surface area (Å²) in [6, 6.07) is 15.7. The predicted molar refractivity (Wildman–Crippen MR) is 115 cm³/mol. The van der Waals surface area contributed by atoms with Gasteiger partial charge in [-0.1, -0.05) is 37.3 Å². The van der Waals surface area contributed by atoms with Gasteiger partial charge in [0.1, 0.15) is 5.75 Å². The van der Waals surface area contributed by atoms with Crippen molar-refractivity contribution in [3.8, 4) is 5.75 Å². The van der Waals surface area contributed by atoms with Crippen LogP contribution >= 0.6 is 0 Å². The van der Waals surface area contributed by atoms with Gasteiger partial charge >= 0.3 is 0 Å². The topological polar surface area (TPSA) is 61.9 Å². The number of rotatable bonds is 8. The molecule has 29 heavy (non-hydrogen) atoms. The zero-order chi connectivity index (χ0) is 20.8. The fraction of sp³-hybridized carbons (Fsp3) is 0.391. The molecule has 6 heteroatoms. The van der Waals surface area contributed by atoms with Gasteiger partial charge in [0.2, 0.25) is 11.8 Å². The number of hydrogen-bond donors (Lipinski definition) is 1. The van der Waals surface area contributed by atoms with Gasteiger partial charge in [0.25, 0.3) is 0 Å². The summed E-state index contributed by atoms with van der Waals surface area (Å²) >= 11 is 0. The van der Waals surface area contributed by atoms with Crippen molar-refractivity contribution in [1.29, 1.82) is 0 Å². The number of amides is 2. The zero-order valence-electron chi connectivity index (χ0n) is 17.4. The lowest BCUT2D eigenvalue weighted by atomic mass is 10.1. The first-order chi connectivity index (χ1) is 14.0. The molecule has 0 saturated heterocycles. The van der Waals surface area contributed by atoms with Crippen molar-refractivity contribution in [3.05, 3.63) is 54.1 Å². The fourth-order valence-corrected chi connectivity index (χ4v) is 3.79. The lowest BCUT2D eigenvalue weighted by Gasteiger charge is -2.28. The number of fused-ring (bicyclic) bond motifs is 1. The van der Waals surface area contributed by atoms with Gasteiger partial charge in [-0.25, -0.2) is 0 Å². The molecule has 0 radical (unpaired) electrons. The molecule has 154 valence electrons. The van der Waals surface area contributed by atoms with E-state index in [1.54, 1.807) is 24.1 Å². The van der Waals surface area contributed by atoms with Gasteiger partial charge < -0.3 is 19.9 Å². The molecule has 2 amide bonds. The number of para-hydroxylation sites is 3. The molecular formula is C23H29N3O3. The Morgan fingerprint density at radius 2 is 1.90 bits per heavy atom. The highest BCUT2D eigenvalue weighted by Gasteiger charge is 2.29. The first-order valence-corrected chi connectivity index (χ1v) is 10.1. The number of carbonyl (C=O) groups excluding carboxylic acids is 2. The molecule has 0 spiro atoms. The molecule has 3 rings (SSSR count). The Balaban J connectivity index is 1.66. The molecule has 0 fully saturated rings. The van der Waals surface area contributed by atoms with E-state index in [2.05, 4.69) is 29.3 Å². The van der Waals surface area contributed by atoms with Crippen molar-refractivity contribution >= 4 is 23.2 Å². The second-order valence-electron chi connectivity index (χ2n) is 7.37. The van der Waals surface area contributed by atoms with Crippen LogP contribution in [-0.4, -0.2) is 49.5 Å². The van der Waals surface area contributed by atoms with E-state index in [-0.39, 0.29) is 30.9 Å². The molecular weight excluding hydrogens is 366 g/mol. The van der Waals surface area contributed by atoms with Crippen LogP contribution in [-0.2, 0) is 16.0 Å². The minimum atomic E-state index is -0.230. The second kappa shape index (κ2) is 9.45. The molecule has 2 aromatic carbocycles. The fourth-order valence-electron chi connectivity index (χ4n) is 3.79. The van der Waals surface area contributed by atoms with Crippen LogP contribution in [0.2, 0.25) is 0 Å². The highest BCUT2D eigenvalue weighted by atomic mass is 16.5. The van der Waals surface area contributed by atoms with Crippen molar-refractivity contribution in [2.75, 3.05) is 37.0 Å². The van der Waals surface area contributed by atoms with Crippen molar-refractivity contribution in [1.82, 2.24) is 4.90 Å². The van der Waals surface area contributed by atoms with Crippen LogP contribution in [0.1, 0.15) is 25.8 Å². The standard InChI is InChI=1S/C23H29N3O3/c1-4-13-25(15-22(27)24-19-10-6-8-12-21(19)29-3)23(28)16-26-17(2)14-18-9-5-7-11-20(18)26/h5-12,17H,4,13-16H2,1-3H3,(H,24,27)/t17-/m0/s1. The minimum absolute atomic E-state index is 0.0224. The van der Waals surface area contributed by atoms with Crippen LogP contribution in [0, 0.1) is 0 Å². The van der Waals surface area contributed by atoms with Crippen molar-refractivity contribution in [3.63, 3.8) is 0 Å². The summed E-state index contributed by atoms with van der Waals surface area (Å²) in [6.45, 7) is 4.98. The Hall–Kier alpha value is -3.02. The Morgan fingerprint density at radius 3 is 2.66 bits per heavy atom. The van der Waals surface area contributed by atoms with Gasteiger partial charge in [-0.05, 0) is 43.5 Å². The maximum absolute atomic E-state index is 13.0. The second-order valence-corrected chi connectivity index (χ2v) is 7.37. The number of hydrogen-bond acceptors (Lipinski definition) is 4. The van der Waals surface area contributed by atoms with E-state index in [4.69, 9.17) is 4.74 Å². The first-order valence-electron chi connectivity index (χ1n) is 10.1. The van der Waals surface area contributed by atoms with Crippen LogP contribution in [0.25, 0.3) is 0 Å². The highest BCUT2D eigenvalue weighted by Crippen LogP contribution is 2.31. The molecule has 2 aromatic rings. The summed E-state index contributed by atoms with van der Waals surface area (Å²) < 4.78 is 5.28. The molecule has 1 atom stereocenters. The van der Waals surface area contributed by atoms with E-state index in [0.29, 0.717) is 18.0 Å². The van der Waals surface area contributed by atoms with Crippen molar-refractivity contribution < 1.29 is 14.3 Å². The third-order valence-corrected chi connectivity index (χ3v) is 5.22. The number of ether oxygens (including phenoxy) is 1. The molecule has 0 aromatic heterocycles. The molecule has 0 saturated carbocycles. The van der Waals surface area contributed by atoms with Crippen LogP contribution in [0.15, 0.2) is 48.5 Å². The number of nitrogens with zero attached hydrogens (tertiary/aromatic N) is 2. The lowest BCUT2D eigenvalue weighted by molar-refractivity contribution is -0.133. The maximum atomic E-state index is 13.0. The molecule has 1 N–H and O–H groups in total. The van der Waals surface area contributed by atoms with Crippen molar-refractivity contribution in [2.24, 2.45) is 0 Å². The van der Waals surface area contributed by atoms with Crippen LogP contribution in [0.3, 0.4) is 0 Å². The quantitative estimate of drug-likeness (QED) is 0.745. The summed E-state index contributed by atoms with van der Waals surface area (Å²) in [6.07, 6.45) is 1.73. The van der Waals surface area contributed by atoms with Crippen LogP contribution in [0.5, 0.6) is 5.75 Å². The van der Waals surface area contributed by atoms with E-state index in [1.807, 2.05) is 31.2 Å². The third kappa shape index (κ3) is 4.88. The largest absolute Gasteiger partial charge is 0.495 e. The smallest absolute Gasteiger partial charge is 0.244 e. The van der Waals surface area contributed by atoms with Gasteiger partial charge in [-0.3, -0.25) is 9.59 Å². The molecule has 1 aliphatic rings. The predicted octanol–water partition coefficient (Wildman–Crippen LogP) is 3.32. The monoisotopic (exact) mass is 395 g/mol. The van der Waals surface area contributed by atoms with Gasteiger partial charge in [0.05, 0.1) is 25.9 Å². The Labute approximate surface area is 172 Å². The average molecular weight is 396 g/mol. The van der Waals surface area contributed by atoms with Gasteiger partial charge in [-0.15, -0.1) is 0 Å². The first kappa shape index (κ1) is 20.7. The molecule has 1 aliphatic heterocycles. The normalized spacial score (nSPS) is 15.0. The number of nitrogens with one attached hydrogen (secondary N) is 1. The van der Waals surface area contributed by atoms with E-state index >= 15 is 0 Å². The van der Waals surface area contributed by atoms with Gasteiger partial charge in [0.15, 0.2) is 0 Å². The van der Waals surface area contributed by atoms with Crippen LogP contribution in [0.4, 0.5) is 11.4 Å². The van der Waals surface area contributed by atoms with Crippen LogP contribution < -0.4 is 15.0 Å². The van der Waals surface area contributed by atoms with Gasteiger partial charge in [0, 0.05) is 18.3 Å². The summed E-state index contributed by atoms with van der Waals surface area (Å²) in [7, 11) is 1.56. The molecule has 1 heterocycles. The third-order valence-electron chi connectivity index (χ3n) is 5.22. The van der Waals surface area contributed by atoms with E-state index < -0.39 is 0 Å². The molecule has 6 nitrogen and oxygen atoms in total. The van der Waals surface area contributed by atoms with E-state index in [0.717, 1.165) is 18.5 Å². The Morgan fingerprint density at radius 1 is 1.17 bits per heavy atom. The molecule has 0 unspecified atom stereocenters. The Bertz CT molecular complexity index is 868. The lowest BCUT2D eigenvalue weighted by Crippen LogP contribution is -2.45. The molecule has 0 aliphatic carbocycles. The van der Waals surface area contributed by atoms with E-state index in [1.165, 1.54) is 5.56 Å².